The standard InChI is InChI=1S/C16H27N5.HI/c1-5-14-13(15(6-2)21(4)20-14)11-18-16(17-3)19-12-9-7-8-10-12;/h7-8,12H,5-6,9-11H2,1-4H3,(H2,17,18,19);1H. The summed E-state index contributed by atoms with van der Waals surface area (Å²) in [7, 11) is 3.85. The van der Waals surface area contributed by atoms with Gasteiger partial charge >= 0.3 is 0 Å². The van der Waals surface area contributed by atoms with Crippen LogP contribution in [0.15, 0.2) is 17.1 Å². The van der Waals surface area contributed by atoms with Crippen LogP contribution in [0.2, 0.25) is 0 Å². The molecule has 0 aliphatic heterocycles. The molecule has 0 fully saturated rings. The molecule has 0 spiro atoms. The molecule has 1 heterocycles. The van der Waals surface area contributed by atoms with E-state index in [9.17, 15) is 0 Å². The summed E-state index contributed by atoms with van der Waals surface area (Å²) in [6, 6.07) is 0.474. The van der Waals surface area contributed by atoms with Crippen LogP contribution in [-0.4, -0.2) is 28.8 Å². The number of guanidine groups is 1. The van der Waals surface area contributed by atoms with Gasteiger partial charge < -0.3 is 10.6 Å². The molecule has 2 rings (SSSR count). The third-order valence-corrected chi connectivity index (χ3v) is 4.03. The lowest BCUT2D eigenvalue weighted by Gasteiger charge is -2.17. The van der Waals surface area contributed by atoms with Crippen LogP contribution in [0.25, 0.3) is 0 Å². The molecular weight excluding hydrogens is 389 g/mol. The summed E-state index contributed by atoms with van der Waals surface area (Å²) in [5.74, 6) is 0.872. The molecule has 5 nitrogen and oxygen atoms in total. The van der Waals surface area contributed by atoms with E-state index in [-0.39, 0.29) is 24.0 Å². The van der Waals surface area contributed by atoms with E-state index in [1.807, 2.05) is 18.8 Å². The molecule has 0 saturated carbocycles. The van der Waals surface area contributed by atoms with Crippen LogP contribution < -0.4 is 10.6 Å². The number of aromatic nitrogens is 2. The molecule has 0 bridgehead atoms. The molecular formula is C16H28IN5. The zero-order valence-electron chi connectivity index (χ0n) is 14.0. The lowest BCUT2D eigenvalue weighted by atomic mass is 10.1. The van der Waals surface area contributed by atoms with Gasteiger partial charge in [0, 0.05) is 37.9 Å². The van der Waals surface area contributed by atoms with Gasteiger partial charge in [-0.2, -0.15) is 5.10 Å². The smallest absolute Gasteiger partial charge is 0.191 e. The van der Waals surface area contributed by atoms with E-state index in [2.05, 4.69) is 46.7 Å². The van der Waals surface area contributed by atoms with Crippen molar-refractivity contribution in [2.24, 2.45) is 12.0 Å². The predicted molar refractivity (Wildman–Crippen MR) is 103 cm³/mol. The van der Waals surface area contributed by atoms with Crippen molar-refractivity contribution in [3.05, 3.63) is 29.1 Å². The summed E-state index contributed by atoms with van der Waals surface area (Å²) in [4.78, 5) is 4.32. The largest absolute Gasteiger partial charge is 0.353 e. The lowest BCUT2D eigenvalue weighted by molar-refractivity contribution is 0.632. The highest BCUT2D eigenvalue weighted by atomic mass is 127. The molecule has 0 radical (unpaired) electrons. The predicted octanol–water partition coefficient (Wildman–Crippen LogP) is 2.55. The average molecular weight is 417 g/mol. The summed E-state index contributed by atoms with van der Waals surface area (Å²) in [5, 5.41) is 11.5. The maximum Gasteiger partial charge on any atom is 0.191 e. The fraction of sp³-hybridized carbons (Fsp3) is 0.625. The maximum absolute atomic E-state index is 4.61. The summed E-state index contributed by atoms with van der Waals surface area (Å²) < 4.78 is 2.01. The van der Waals surface area contributed by atoms with Crippen LogP contribution in [0.5, 0.6) is 0 Å². The van der Waals surface area contributed by atoms with E-state index in [4.69, 9.17) is 0 Å². The molecule has 22 heavy (non-hydrogen) atoms. The van der Waals surface area contributed by atoms with Crippen LogP contribution in [-0.2, 0) is 26.4 Å². The monoisotopic (exact) mass is 417 g/mol. The fourth-order valence-corrected chi connectivity index (χ4v) is 2.89. The molecule has 2 N–H and O–H groups in total. The Hall–Kier alpha value is -1.05. The third kappa shape index (κ3) is 4.47. The van der Waals surface area contributed by atoms with Crippen LogP contribution in [0.4, 0.5) is 0 Å². The van der Waals surface area contributed by atoms with Gasteiger partial charge in [0.1, 0.15) is 0 Å². The summed E-state index contributed by atoms with van der Waals surface area (Å²) >= 11 is 0. The molecule has 6 heteroatoms. The van der Waals surface area contributed by atoms with E-state index in [1.165, 1.54) is 17.0 Å². The molecule has 0 aromatic carbocycles. The Labute approximate surface area is 150 Å². The van der Waals surface area contributed by atoms with Gasteiger partial charge in [-0.1, -0.05) is 26.0 Å². The van der Waals surface area contributed by atoms with Gasteiger partial charge in [-0.3, -0.25) is 9.67 Å². The second kappa shape index (κ2) is 9.17. The minimum absolute atomic E-state index is 0. The van der Waals surface area contributed by atoms with Crippen molar-refractivity contribution < 1.29 is 0 Å². The molecule has 0 atom stereocenters. The van der Waals surface area contributed by atoms with Crippen LogP contribution in [0, 0.1) is 0 Å². The van der Waals surface area contributed by atoms with Crippen LogP contribution >= 0.6 is 24.0 Å². The molecule has 1 aliphatic rings. The molecule has 0 amide bonds. The number of aryl methyl sites for hydroxylation is 2. The van der Waals surface area contributed by atoms with Crippen LogP contribution in [0.1, 0.15) is 43.6 Å². The van der Waals surface area contributed by atoms with E-state index >= 15 is 0 Å². The Morgan fingerprint density at radius 3 is 2.55 bits per heavy atom. The first-order valence-electron chi connectivity index (χ1n) is 7.85. The highest BCUT2D eigenvalue weighted by molar-refractivity contribution is 14.0. The molecule has 1 aromatic heterocycles. The quantitative estimate of drug-likeness (QED) is 0.335. The van der Waals surface area contributed by atoms with E-state index in [1.54, 1.807) is 0 Å². The zero-order chi connectivity index (χ0) is 15.2. The Balaban J connectivity index is 0.00000242. The van der Waals surface area contributed by atoms with Gasteiger partial charge in [0.15, 0.2) is 5.96 Å². The van der Waals surface area contributed by atoms with Crippen molar-refractivity contribution in [3.8, 4) is 0 Å². The minimum atomic E-state index is 0. The Kier molecular flexibility index (Phi) is 7.92. The van der Waals surface area contributed by atoms with Gasteiger partial charge in [0.2, 0.25) is 0 Å². The first kappa shape index (κ1) is 19.0. The van der Waals surface area contributed by atoms with Crippen molar-refractivity contribution >= 4 is 29.9 Å². The van der Waals surface area contributed by atoms with Gasteiger partial charge in [0.25, 0.3) is 0 Å². The Morgan fingerprint density at radius 2 is 2.00 bits per heavy atom. The van der Waals surface area contributed by atoms with Crippen LogP contribution in [0.3, 0.4) is 0 Å². The molecule has 1 aliphatic carbocycles. The summed E-state index contributed by atoms with van der Waals surface area (Å²) in [6.07, 6.45) is 8.55. The number of halogens is 1. The van der Waals surface area contributed by atoms with Crippen molar-refractivity contribution in [2.75, 3.05) is 7.05 Å². The third-order valence-electron chi connectivity index (χ3n) is 4.03. The Morgan fingerprint density at radius 1 is 1.32 bits per heavy atom. The fourth-order valence-electron chi connectivity index (χ4n) is 2.89. The number of aliphatic imine (C=N–C) groups is 1. The maximum atomic E-state index is 4.61. The van der Waals surface area contributed by atoms with Crippen molar-refractivity contribution in [1.29, 1.82) is 0 Å². The topological polar surface area (TPSA) is 54.2 Å². The number of rotatable bonds is 5. The highest BCUT2D eigenvalue weighted by Gasteiger charge is 2.15. The van der Waals surface area contributed by atoms with Gasteiger partial charge in [0.05, 0.1) is 5.69 Å². The number of nitrogens with zero attached hydrogens (tertiary/aromatic N) is 3. The van der Waals surface area contributed by atoms with Crippen molar-refractivity contribution in [3.63, 3.8) is 0 Å². The molecule has 1 aromatic rings. The molecule has 0 saturated heterocycles. The normalized spacial score (nSPS) is 15.0. The van der Waals surface area contributed by atoms with Crippen molar-refractivity contribution in [2.45, 2.75) is 52.1 Å². The zero-order valence-corrected chi connectivity index (χ0v) is 16.3. The number of nitrogens with one attached hydrogen (secondary N) is 2. The van der Waals surface area contributed by atoms with E-state index < -0.39 is 0 Å². The average Bonchev–Trinajstić information content (AvgIpc) is 3.10. The number of hydrogen-bond acceptors (Lipinski definition) is 2. The second-order valence-corrected chi connectivity index (χ2v) is 5.41. The van der Waals surface area contributed by atoms with Gasteiger partial charge in [-0.15, -0.1) is 24.0 Å². The minimum Gasteiger partial charge on any atom is -0.353 e. The van der Waals surface area contributed by atoms with Gasteiger partial charge in [-0.25, -0.2) is 0 Å². The first-order chi connectivity index (χ1) is 10.2. The first-order valence-corrected chi connectivity index (χ1v) is 7.85. The van der Waals surface area contributed by atoms with Crippen molar-refractivity contribution in [1.82, 2.24) is 20.4 Å². The Bertz CT molecular complexity index is 525. The second-order valence-electron chi connectivity index (χ2n) is 5.41. The number of hydrogen-bond donors (Lipinski definition) is 2. The summed E-state index contributed by atoms with van der Waals surface area (Å²) in [5.41, 5.74) is 3.80. The SMILES string of the molecule is CCc1nn(C)c(CC)c1CNC(=NC)NC1CC=CC1.I. The van der Waals surface area contributed by atoms with E-state index in [0.29, 0.717) is 6.04 Å². The van der Waals surface area contributed by atoms with E-state index in [0.717, 1.165) is 38.2 Å². The lowest BCUT2D eigenvalue weighted by Crippen LogP contribution is -2.42. The molecule has 0 unspecified atom stereocenters. The summed E-state index contributed by atoms with van der Waals surface area (Å²) in [6.45, 7) is 5.11. The van der Waals surface area contributed by atoms with Gasteiger partial charge in [-0.05, 0) is 25.7 Å². The molecule has 124 valence electrons. The highest BCUT2D eigenvalue weighted by Crippen LogP contribution is 2.15.